The minimum absolute atomic E-state index is 0.104. The molecule has 1 atom stereocenters. The van der Waals surface area contributed by atoms with Gasteiger partial charge in [0, 0.05) is 29.4 Å². The number of allylic oxidation sites excluding steroid dienone is 2. The zero-order valence-corrected chi connectivity index (χ0v) is 20.8. The minimum Gasteiger partial charge on any atom is -0.343 e. The smallest absolute Gasteiger partial charge is 0.257 e. The van der Waals surface area contributed by atoms with Gasteiger partial charge in [-0.15, -0.1) is 0 Å². The average Bonchev–Trinajstić information content (AvgIpc) is 2.76. The summed E-state index contributed by atoms with van der Waals surface area (Å²) < 4.78 is 0. The van der Waals surface area contributed by atoms with E-state index in [1.165, 1.54) is 22.9 Å². The molecule has 6 heteroatoms. The van der Waals surface area contributed by atoms with Crippen LogP contribution in [0.4, 0.5) is 5.82 Å². The van der Waals surface area contributed by atoms with Crippen LogP contribution in [0, 0.1) is 19.3 Å². The maximum absolute atomic E-state index is 13.4. The van der Waals surface area contributed by atoms with Crippen LogP contribution in [-0.2, 0) is 10.5 Å². The molecular formula is C28H29N3O2S. The van der Waals surface area contributed by atoms with Gasteiger partial charge in [-0.3, -0.25) is 9.59 Å². The maximum Gasteiger partial charge on any atom is 0.257 e. The molecule has 0 saturated heterocycles. The molecule has 1 aromatic heterocycles. The molecule has 0 spiro atoms. The monoisotopic (exact) mass is 471 g/mol. The number of hydrogen-bond donors (Lipinski definition) is 2. The fraction of sp³-hybridized carbons (Fsp3) is 0.321. The van der Waals surface area contributed by atoms with Crippen molar-refractivity contribution in [3.05, 3.63) is 98.0 Å². The van der Waals surface area contributed by atoms with Crippen molar-refractivity contribution >= 4 is 23.4 Å². The fourth-order valence-electron chi connectivity index (χ4n) is 5.01. The number of aromatic amines is 1. The number of carbonyl (C=O) groups excluding carboxylic acids is 1. The summed E-state index contributed by atoms with van der Waals surface area (Å²) in [5.74, 6) is 0.963. The normalized spacial score (nSPS) is 18.8. The molecule has 0 unspecified atom stereocenters. The molecule has 2 N–H and O–H groups in total. The Bertz CT molecular complexity index is 1370. The summed E-state index contributed by atoms with van der Waals surface area (Å²) in [6.45, 7) is 8.33. The third-order valence-corrected chi connectivity index (χ3v) is 7.51. The lowest BCUT2D eigenvalue weighted by molar-refractivity contribution is -0.118. The Balaban J connectivity index is 1.58. The Morgan fingerprint density at radius 1 is 1.03 bits per heavy atom. The molecule has 1 aliphatic carbocycles. The number of nitrogens with zero attached hydrogens (tertiary/aromatic N) is 1. The maximum atomic E-state index is 13.4. The Kier molecular flexibility index (Phi) is 5.72. The molecule has 2 aromatic carbocycles. The van der Waals surface area contributed by atoms with E-state index >= 15 is 0 Å². The highest BCUT2D eigenvalue weighted by molar-refractivity contribution is 7.98. The number of aromatic nitrogens is 2. The van der Waals surface area contributed by atoms with Crippen LogP contribution in [0.5, 0.6) is 0 Å². The molecule has 5 rings (SSSR count). The molecule has 34 heavy (non-hydrogen) atoms. The molecule has 0 saturated carbocycles. The first kappa shape index (κ1) is 22.7. The predicted octanol–water partition coefficient (Wildman–Crippen LogP) is 5.88. The van der Waals surface area contributed by atoms with Gasteiger partial charge in [-0.2, -0.15) is 0 Å². The first-order valence-corrected chi connectivity index (χ1v) is 12.6. The van der Waals surface area contributed by atoms with E-state index in [0.717, 1.165) is 23.2 Å². The van der Waals surface area contributed by atoms with Crippen molar-refractivity contribution in [3.63, 3.8) is 0 Å². The average molecular weight is 472 g/mol. The van der Waals surface area contributed by atoms with Crippen LogP contribution in [-0.4, -0.2) is 15.8 Å². The number of hydrogen-bond acceptors (Lipinski definition) is 5. The molecular weight excluding hydrogens is 442 g/mol. The van der Waals surface area contributed by atoms with Gasteiger partial charge in [-0.25, -0.2) is 4.98 Å². The van der Waals surface area contributed by atoms with Crippen molar-refractivity contribution < 1.29 is 4.79 Å². The SMILES string of the molecule is Cc1ccc([C@@H]2C3=C(CC(C)(C)CC3=O)Nc3nc(SCc4cccc(C)c4)[nH]c(=O)c32)cc1. The number of H-pyrrole nitrogens is 1. The second-order valence-electron chi connectivity index (χ2n) is 10.2. The molecule has 5 nitrogen and oxygen atoms in total. The standard InChI is InChI=1S/C28H29N3O2S/c1-16-8-10-19(11-9-16)22-23-20(13-28(3,4)14-21(23)32)29-25-24(22)26(33)31-27(30-25)34-15-18-7-5-6-17(2)12-18/h5-12,22H,13-15H2,1-4H3,(H2,29,30,31,33)/t22-/m1/s1. The van der Waals surface area contributed by atoms with Crippen LogP contribution in [0.2, 0.25) is 0 Å². The van der Waals surface area contributed by atoms with Gasteiger partial charge in [0.1, 0.15) is 5.82 Å². The summed E-state index contributed by atoms with van der Waals surface area (Å²) >= 11 is 1.51. The van der Waals surface area contributed by atoms with E-state index in [2.05, 4.69) is 49.3 Å². The van der Waals surface area contributed by atoms with Gasteiger partial charge >= 0.3 is 0 Å². The van der Waals surface area contributed by atoms with Crippen molar-refractivity contribution in [1.82, 2.24) is 9.97 Å². The third-order valence-electron chi connectivity index (χ3n) is 6.57. The number of carbonyl (C=O) groups is 1. The number of ketones is 1. The summed E-state index contributed by atoms with van der Waals surface area (Å²) in [5, 5.41) is 3.97. The quantitative estimate of drug-likeness (QED) is 0.367. The molecule has 0 amide bonds. The van der Waals surface area contributed by atoms with Crippen LogP contribution >= 0.6 is 11.8 Å². The molecule has 0 bridgehead atoms. The molecule has 174 valence electrons. The number of fused-ring (bicyclic) bond motifs is 1. The lowest BCUT2D eigenvalue weighted by Crippen LogP contribution is -2.37. The number of thioether (sulfide) groups is 1. The summed E-state index contributed by atoms with van der Waals surface area (Å²) in [6.07, 6.45) is 1.22. The van der Waals surface area contributed by atoms with Crippen LogP contribution in [0.3, 0.4) is 0 Å². The Morgan fingerprint density at radius 2 is 1.79 bits per heavy atom. The van der Waals surface area contributed by atoms with Crippen molar-refractivity contribution in [2.45, 2.75) is 57.4 Å². The van der Waals surface area contributed by atoms with Crippen LogP contribution < -0.4 is 10.9 Å². The van der Waals surface area contributed by atoms with Crippen molar-refractivity contribution in [2.75, 3.05) is 5.32 Å². The molecule has 2 aliphatic rings. The van der Waals surface area contributed by atoms with Gasteiger partial charge in [0.25, 0.3) is 5.56 Å². The van der Waals surface area contributed by atoms with Crippen molar-refractivity contribution in [1.29, 1.82) is 0 Å². The first-order valence-electron chi connectivity index (χ1n) is 11.6. The second-order valence-corrected chi connectivity index (χ2v) is 11.2. The molecule has 0 fully saturated rings. The molecule has 0 radical (unpaired) electrons. The lowest BCUT2D eigenvalue weighted by Gasteiger charge is -2.38. The van der Waals surface area contributed by atoms with Crippen LogP contribution in [0.15, 0.2) is 69.8 Å². The van der Waals surface area contributed by atoms with E-state index in [0.29, 0.717) is 34.3 Å². The van der Waals surface area contributed by atoms with E-state index in [1.54, 1.807) is 0 Å². The van der Waals surface area contributed by atoms with Gasteiger partial charge < -0.3 is 10.3 Å². The number of Topliss-reactive ketones (excluding diaryl/α,β-unsaturated/α-hetero) is 1. The van der Waals surface area contributed by atoms with Gasteiger partial charge in [-0.1, -0.05) is 85.3 Å². The van der Waals surface area contributed by atoms with Crippen molar-refractivity contribution in [3.8, 4) is 0 Å². The number of aryl methyl sites for hydroxylation is 2. The van der Waals surface area contributed by atoms with Gasteiger partial charge in [0.2, 0.25) is 0 Å². The number of rotatable bonds is 4. The summed E-state index contributed by atoms with van der Waals surface area (Å²) in [4.78, 5) is 34.6. The minimum atomic E-state index is -0.414. The van der Waals surface area contributed by atoms with Crippen molar-refractivity contribution in [2.24, 2.45) is 5.41 Å². The van der Waals surface area contributed by atoms with Gasteiger partial charge in [0.15, 0.2) is 10.9 Å². The number of anilines is 1. The zero-order chi connectivity index (χ0) is 24.0. The van der Waals surface area contributed by atoms with Gasteiger partial charge in [0.05, 0.1) is 5.56 Å². The summed E-state index contributed by atoms with van der Waals surface area (Å²) in [6, 6.07) is 16.4. The van der Waals surface area contributed by atoms with E-state index < -0.39 is 5.92 Å². The largest absolute Gasteiger partial charge is 0.343 e. The fourth-order valence-corrected chi connectivity index (χ4v) is 5.81. The Morgan fingerprint density at radius 3 is 2.53 bits per heavy atom. The van der Waals surface area contributed by atoms with E-state index in [9.17, 15) is 9.59 Å². The number of nitrogens with one attached hydrogen (secondary N) is 2. The van der Waals surface area contributed by atoms with E-state index in [1.807, 2.05) is 37.3 Å². The highest BCUT2D eigenvalue weighted by Gasteiger charge is 2.42. The number of benzene rings is 2. The molecule has 3 aromatic rings. The topological polar surface area (TPSA) is 74.8 Å². The van der Waals surface area contributed by atoms with E-state index in [4.69, 9.17) is 4.98 Å². The Hall–Kier alpha value is -3.12. The van der Waals surface area contributed by atoms with Crippen LogP contribution in [0.25, 0.3) is 0 Å². The summed E-state index contributed by atoms with van der Waals surface area (Å²) in [7, 11) is 0. The molecule has 1 aliphatic heterocycles. The first-order chi connectivity index (χ1) is 16.2. The second kappa shape index (κ2) is 8.58. The van der Waals surface area contributed by atoms with Crippen LogP contribution in [0.1, 0.15) is 60.4 Å². The zero-order valence-electron chi connectivity index (χ0n) is 20.0. The highest BCUT2D eigenvalue weighted by Crippen LogP contribution is 2.47. The predicted molar refractivity (Wildman–Crippen MR) is 137 cm³/mol. The Labute approximate surface area is 204 Å². The van der Waals surface area contributed by atoms with E-state index in [-0.39, 0.29) is 16.8 Å². The molecule has 2 heterocycles. The highest BCUT2D eigenvalue weighted by atomic mass is 32.2. The summed E-state index contributed by atoms with van der Waals surface area (Å²) in [5.41, 5.74) is 6.27. The third kappa shape index (κ3) is 4.34. The lowest BCUT2D eigenvalue weighted by atomic mass is 9.69. The van der Waals surface area contributed by atoms with Gasteiger partial charge in [-0.05, 0) is 36.8 Å².